The van der Waals surface area contributed by atoms with Crippen LogP contribution in [-0.2, 0) is 9.47 Å². The lowest BCUT2D eigenvalue weighted by Crippen LogP contribution is -2.05. The molecule has 0 saturated heterocycles. The molecule has 0 aliphatic heterocycles. The third kappa shape index (κ3) is 6.63. The van der Waals surface area contributed by atoms with Crippen LogP contribution in [-0.4, -0.2) is 37.4 Å². The number of phenols is 1. The monoisotopic (exact) mass is 284 g/mol. The van der Waals surface area contributed by atoms with Gasteiger partial charge in [-0.1, -0.05) is 0 Å². The molecule has 0 aliphatic rings. The minimum atomic E-state index is -0.588. The number of benzene rings is 1. The standard InChI is InChI=1S/C9H10O3.C5H10O3/c1-6(10)7-3-4-8(11)9(5-7)12-2;1-3-7-5(6)8-4-2/h3-5,11H,1-2H3;3-4H2,1-2H3. The van der Waals surface area contributed by atoms with Crippen LogP contribution in [0, 0.1) is 0 Å². The number of Topliss-reactive ketones (excluding diaryl/α,β-unsaturated/α-hetero) is 1. The fraction of sp³-hybridized carbons (Fsp3) is 0.429. The van der Waals surface area contributed by atoms with Gasteiger partial charge >= 0.3 is 6.16 Å². The van der Waals surface area contributed by atoms with Gasteiger partial charge in [0, 0.05) is 5.56 Å². The van der Waals surface area contributed by atoms with Gasteiger partial charge in [-0.15, -0.1) is 0 Å². The molecule has 112 valence electrons. The van der Waals surface area contributed by atoms with Gasteiger partial charge in [-0.05, 0) is 39.0 Å². The van der Waals surface area contributed by atoms with Crippen LogP contribution in [0.2, 0.25) is 0 Å². The van der Waals surface area contributed by atoms with Crippen molar-refractivity contribution in [1.29, 1.82) is 0 Å². The molecular formula is C14H20O6. The maximum Gasteiger partial charge on any atom is 0.508 e. The average molecular weight is 284 g/mol. The Labute approximate surface area is 118 Å². The fourth-order valence-electron chi connectivity index (χ4n) is 1.17. The van der Waals surface area contributed by atoms with Gasteiger partial charge in [-0.3, -0.25) is 4.79 Å². The number of aromatic hydroxyl groups is 1. The van der Waals surface area contributed by atoms with E-state index in [-0.39, 0.29) is 11.5 Å². The molecule has 6 nitrogen and oxygen atoms in total. The minimum Gasteiger partial charge on any atom is -0.504 e. The molecule has 0 amide bonds. The Morgan fingerprint density at radius 3 is 2.10 bits per heavy atom. The molecule has 1 aromatic carbocycles. The zero-order valence-electron chi connectivity index (χ0n) is 12.1. The predicted octanol–water partition coefficient (Wildman–Crippen LogP) is 2.78. The van der Waals surface area contributed by atoms with E-state index in [0.29, 0.717) is 24.5 Å². The van der Waals surface area contributed by atoms with Crippen molar-refractivity contribution >= 4 is 11.9 Å². The molecule has 0 bridgehead atoms. The fourth-order valence-corrected chi connectivity index (χ4v) is 1.17. The molecule has 0 saturated carbocycles. The molecule has 0 unspecified atom stereocenters. The first-order valence-electron chi connectivity index (χ1n) is 6.13. The Hall–Kier alpha value is -2.24. The topological polar surface area (TPSA) is 82.1 Å². The number of methoxy groups -OCH3 is 1. The van der Waals surface area contributed by atoms with Crippen molar-refractivity contribution < 1.29 is 28.9 Å². The van der Waals surface area contributed by atoms with Gasteiger partial charge in [-0.2, -0.15) is 0 Å². The molecule has 0 spiro atoms. The van der Waals surface area contributed by atoms with Crippen LogP contribution >= 0.6 is 0 Å². The number of ketones is 1. The summed E-state index contributed by atoms with van der Waals surface area (Å²) in [6, 6.07) is 4.51. The van der Waals surface area contributed by atoms with E-state index in [1.54, 1.807) is 19.9 Å². The summed E-state index contributed by atoms with van der Waals surface area (Å²) in [5.74, 6) is 0.318. The molecular weight excluding hydrogens is 264 g/mol. The Morgan fingerprint density at radius 1 is 1.15 bits per heavy atom. The number of rotatable bonds is 4. The average Bonchev–Trinajstić information content (AvgIpc) is 2.40. The van der Waals surface area contributed by atoms with Crippen molar-refractivity contribution in [2.45, 2.75) is 20.8 Å². The van der Waals surface area contributed by atoms with Gasteiger partial charge in [0.25, 0.3) is 0 Å². The first kappa shape index (κ1) is 17.8. The smallest absolute Gasteiger partial charge is 0.504 e. The lowest BCUT2D eigenvalue weighted by Gasteiger charge is -2.03. The minimum absolute atomic E-state index is 0.0440. The van der Waals surface area contributed by atoms with Crippen LogP contribution < -0.4 is 4.74 Å². The van der Waals surface area contributed by atoms with E-state index in [1.165, 1.54) is 26.2 Å². The summed E-state index contributed by atoms with van der Waals surface area (Å²) in [6.07, 6.45) is -0.588. The van der Waals surface area contributed by atoms with E-state index in [1.807, 2.05) is 0 Å². The molecule has 0 aromatic heterocycles. The number of ether oxygens (including phenoxy) is 3. The number of carbonyl (C=O) groups is 2. The van der Waals surface area contributed by atoms with E-state index in [4.69, 9.17) is 4.74 Å². The van der Waals surface area contributed by atoms with Crippen molar-refractivity contribution in [3.63, 3.8) is 0 Å². The Kier molecular flexibility index (Phi) is 8.58. The number of hydrogen-bond acceptors (Lipinski definition) is 6. The Bertz CT molecular complexity index is 433. The third-order valence-corrected chi connectivity index (χ3v) is 2.11. The van der Waals surface area contributed by atoms with Crippen LogP contribution in [0.4, 0.5) is 4.79 Å². The SMILES string of the molecule is CCOC(=O)OCC.COc1cc(C(C)=O)ccc1O. The quantitative estimate of drug-likeness (QED) is 0.676. The van der Waals surface area contributed by atoms with E-state index >= 15 is 0 Å². The van der Waals surface area contributed by atoms with Gasteiger partial charge in [0.2, 0.25) is 0 Å². The van der Waals surface area contributed by atoms with Crippen LogP contribution in [0.15, 0.2) is 18.2 Å². The molecule has 20 heavy (non-hydrogen) atoms. The zero-order valence-corrected chi connectivity index (χ0v) is 12.1. The van der Waals surface area contributed by atoms with Crippen LogP contribution in [0.3, 0.4) is 0 Å². The number of phenolic OH excluding ortho intramolecular Hbond substituents is 1. The van der Waals surface area contributed by atoms with Crippen molar-refractivity contribution in [2.75, 3.05) is 20.3 Å². The summed E-state index contributed by atoms with van der Waals surface area (Å²) in [5.41, 5.74) is 0.532. The van der Waals surface area contributed by atoms with Crippen molar-refractivity contribution in [3.05, 3.63) is 23.8 Å². The van der Waals surface area contributed by atoms with Crippen LogP contribution in [0.1, 0.15) is 31.1 Å². The largest absolute Gasteiger partial charge is 0.508 e. The van der Waals surface area contributed by atoms with Gasteiger partial charge in [0.05, 0.1) is 20.3 Å². The zero-order chi connectivity index (χ0) is 15.5. The van der Waals surface area contributed by atoms with Gasteiger partial charge in [-0.25, -0.2) is 4.79 Å². The first-order valence-corrected chi connectivity index (χ1v) is 6.13. The van der Waals surface area contributed by atoms with Crippen LogP contribution in [0.5, 0.6) is 11.5 Å². The second-order valence-electron chi connectivity index (χ2n) is 3.56. The molecule has 0 heterocycles. The highest BCUT2D eigenvalue weighted by atomic mass is 16.7. The molecule has 0 aliphatic carbocycles. The lowest BCUT2D eigenvalue weighted by molar-refractivity contribution is 0.0630. The van der Waals surface area contributed by atoms with Crippen molar-refractivity contribution in [2.24, 2.45) is 0 Å². The second-order valence-corrected chi connectivity index (χ2v) is 3.56. The molecule has 0 atom stereocenters. The molecule has 1 rings (SSSR count). The number of carbonyl (C=O) groups excluding carboxylic acids is 2. The molecule has 0 fully saturated rings. The highest BCUT2D eigenvalue weighted by molar-refractivity contribution is 5.94. The molecule has 0 radical (unpaired) electrons. The van der Waals surface area contributed by atoms with E-state index in [0.717, 1.165) is 0 Å². The maximum atomic E-state index is 10.9. The summed E-state index contributed by atoms with van der Waals surface area (Å²) >= 11 is 0. The second kappa shape index (κ2) is 9.66. The Morgan fingerprint density at radius 2 is 1.70 bits per heavy atom. The van der Waals surface area contributed by atoms with Gasteiger partial charge in [0.15, 0.2) is 17.3 Å². The van der Waals surface area contributed by atoms with E-state index in [2.05, 4.69) is 9.47 Å². The first-order chi connectivity index (χ1) is 9.46. The highest BCUT2D eigenvalue weighted by Crippen LogP contribution is 2.26. The Balaban J connectivity index is 0.000000396. The van der Waals surface area contributed by atoms with Crippen molar-refractivity contribution in [3.8, 4) is 11.5 Å². The summed E-state index contributed by atoms with van der Waals surface area (Å²) < 4.78 is 13.7. The van der Waals surface area contributed by atoms with E-state index < -0.39 is 6.16 Å². The van der Waals surface area contributed by atoms with Gasteiger partial charge < -0.3 is 19.3 Å². The molecule has 1 N–H and O–H groups in total. The maximum absolute atomic E-state index is 10.9. The molecule has 6 heteroatoms. The van der Waals surface area contributed by atoms with Gasteiger partial charge in [0.1, 0.15) is 0 Å². The number of hydrogen-bond donors (Lipinski definition) is 1. The van der Waals surface area contributed by atoms with Crippen LogP contribution in [0.25, 0.3) is 0 Å². The molecule has 1 aromatic rings. The highest BCUT2D eigenvalue weighted by Gasteiger charge is 2.04. The summed E-state index contributed by atoms with van der Waals surface area (Å²) in [6.45, 7) is 5.68. The lowest BCUT2D eigenvalue weighted by atomic mass is 10.1. The van der Waals surface area contributed by atoms with Crippen molar-refractivity contribution in [1.82, 2.24) is 0 Å². The summed E-state index contributed by atoms with van der Waals surface area (Å²) in [5, 5.41) is 9.18. The normalized spacial score (nSPS) is 9.00. The third-order valence-electron chi connectivity index (χ3n) is 2.11. The predicted molar refractivity (Wildman–Crippen MR) is 73.3 cm³/mol. The summed E-state index contributed by atoms with van der Waals surface area (Å²) in [4.78, 5) is 21.1. The summed E-state index contributed by atoms with van der Waals surface area (Å²) in [7, 11) is 1.44. The van der Waals surface area contributed by atoms with E-state index in [9.17, 15) is 14.7 Å².